The standard InChI is InChI=1S/C27H20F4O/c1-4-22-16-24(14-11-20-8-5-18(2)6-9-20)26(32-27(29,30)31)17-23(22)13-12-21-10-7-19(3)25(28)15-21/h5-10,15-17H,4H2,1-3H3. The summed E-state index contributed by atoms with van der Waals surface area (Å²) >= 11 is 0. The van der Waals surface area contributed by atoms with Crippen LogP contribution in [0.1, 0.15) is 45.9 Å². The van der Waals surface area contributed by atoms with Gasteiger partial charge in [-0.15, -0.1) is 13.2 Å². The zero-order chi connectivity index (χ0) is 23.3. The van der Waals surface area contributed by atoms with Crippen molar-refractivity contribution in [2.75, 3.05) is 0 Å². The lowest BCUT2D eigenvalue weighted by Crippen LogP contribution is -2.18. The second-order valence-electron chi connectivity index (χ2n) is 7.24. The van der Waals surface area contributed by atoms with Gasteiger partial charge in [0.1, 0.15) is 11.6 Å². The summed E-state index contributed by atoms with van der Waals surface area (Å²) in [6, 6.07) is 14.7. The molecule has 0 unspecified atom stereocenters. The first kappa shape index (κ1) is 23.0. The molecule has 0 fully saturated rings. The lowest BCUT2D eigenvalue weighted by molar-refractivity contribution is -0.274. The Balaban J connectivity index is 2.06. The molecule has 5 heteroatoms. The van der Waals surface area contributed by atoms with Gasteiger partial charge in [0.15, 0.2) is 0 Å². The number of rotatable bonds is 2. The molecule has 0 aromatic heterocycles. The third-order valence-corrected chi connectivity index (χ3v) is 4.72. The van der Waals surface area contributed by atoms with Crippen LogP contribution in [0.3, 0.4) is 0 Å². The van der Waals surface area contributed by atoms with Crippen molar-refractivity contribution in [3.8, 4) is 29.4 Å². The molecule has 3 rings (SSSR count). The summed E-state index contributed by atoms with van der Waals surface area (Å²) in [7, 11) is 0. The van der Waals surface area contributed by atoms with E-state index in [1.54, 1.807) is 37.3 Å². The van der Waals surface area contributed by atoms with Gasteiger partial charge in [-0.1, -0.05) is 54.4 Å². The third-order valence-electron chi connectivity index (χ3n) is 4.72. The summed E-state index contributed by atoms with van der Waals surface area (Å²) in [5.41, 5.74) is 3.85. The highest BCUT2D eigenvalue weighted by Gasteiger charge is 2.32. The molecule has 0 aliphatic rings. The average molecular weight is 436 g/mol. The van der Waals surface area contributed by atoms with Crippen LogP contribution >= 0.6 is 0 Å². The Morgan fingerprint density at radius 1 is 0.781 bits per heavy atom. The Hall–Kier alpha value is -3.70. The first-order chi connectivity index (χ1) is 15.1. The van der Waals surface area contributed by atoms with Crippen LogP contribution in [0.15, 0.2) is 54.6 Å². The van der Waals surface area contributed by atoms with Crippen molar-refractivity contribution in [3.63, 3.8) is 0 Å². The molecular weight excluding hydrogens is 416 g/mol. The maximum Gasteiger partial charge on any atom is 0.573 e. The summed E-state index contributed by atoms with van der Waals surface area (Å²) in [5, 5.41) is 0. The highest BCUT2D eigenvalue weighted by Crippen LogP contribution is 2.29. The fourth-order valence-electron chi connectivity index (χ4n) is 2.93. The van der Waals surface area contributed by atoms with E-state index >= 15 is 0 Å². The summed E-state index contributed by atoms with van der Waals surface area (Å²) < 4.78 is 57.1. The van der Waals surface area contributed by atoms with Crippen molar-refractivity contribution in [2.24, 2.45) is 0 Å². The molecule has 0 saturated heterocycles. The van der Waals surface area contributed by atoms with Crippen LogP contribution in [0.2, 0.25) is 0 Å². The minimum atomic E-state index is -4.88. The molecule has 1 nitrogen and oxygen atoms in total. The van der Waals surface area contributed by atoms with Gasteiger partial charge in [0.25, 0.3) is 0 Å². The molecule has 0 aliphatic carbocycles. The van der Waals surface area contributed by atoms with E-state index in [1.807, 2.05) is 26.0 Å². The summed E-state index contributed by atoms with van der Waals surface area (Å²) in [6.07, 6.45) is -4.35. The van der Waals surface area contributed by atoms with Gasteiger partial charge in [0.05, 0.1) is 5.56 Å². The number of alkyl halides is 3. The molecule has 0 heterocycles. The zero-order valence-electron chi connectivity index (χ0n) is 17.8. The van der Waals surface area contributed by atoms with Crippen LogP contribution in [0.25, 0.3) is 0 Å². The summed E-state index contributed by atoms with van der Waals surface area (Å²) in [6.45, 7) is 5.44. The van der Waals surface area contributed by atoms with E-state index in [9.17, 15) is 17.6 Å². The summed E-state index contributed by atoms with van der Waals surface area (Å²) in [4.78, 5) is 0. The lowest BCUT2D eigenvalue weighted by Gasteiger charge is -2.13. The molecule has 0 aliphatic heterocycles. The molecule has 32 heavy (non-hydrogen) atoms. The van der Waals surface area contributed by atoms with Gasteiger partial charge in [0, 0.05) is 16.7 Å². The largest absolute Gasteiger partial charge is 0.573 e. The van der Waals surface area contributed by atoms with Crippen molar-refractivity contribution in [1.29, 1.82) is 0 Å². The Morgan fingerprint density at radius 3 is 2.03 bits per heavy atom. The van der Waals surface area contributed by atoms with Gasteiger partial charge in [-0.25, -0.2) is 4.39 Å². The van der Waals surface area contributed by atoms with E-state index in [0.717, 1.165) is 5.56 Å². The fourth-order valence-corrected chi connectivity index (χ4v) is 2.93. The number of benzene rings is 3. The molecule has 0 saturated carbocycles. The number of hydrogen-bond acceptors (Lipinski definition) is 1. The van der Waals surface area contributed by atoms with Gasteiger partial charge in [-0.3, -0.25) is 0 Å². The van der Waals surface area contributed by atoms with E-state index in [4.69, 9.17) is 0 Å². The normalized spacial score (nSPS) is 10.6. The Labute approximate surface area is 185 Å². The SMILES string of the molecule is CCc1cc(C#Cc2ccc(C)cc2)c(OC(F)(F)F)cc1C#Cc1ccc(C)c(F)c1. The predicted octanol–water partition coefficient (Wildman–Crippen LogP) is 6.70. The number of halogens is 4. The van der Waals surface area contributed by atoms with E-state index in [0.29, 0.717) is 34.2 Å². The second kappa shape index (κ2) is 9.62. The van der Waals surface area contributed by atoms with Crippen molar-refractivity contribution in [3.05, 3.63) is 99.4 Å². The van der Waals surface area contributed by atoms with Crippen molar-refractivity contribution < 1.29 is 22.3 Å². The van der Waals surface area contributed by atoms with Gasteiger partial charge in [-0.2, -0.15) is 0 Å². The van der Waals surface area contributed by atoms with Crippen molar-refractivity contribution in [2.45, 2.75) is 33.6 Å². The fraction of sp³-hybridized carbons (Fsp3) is 0.185. The first-order valence-electron chi connectivity index (χ1n) is 9.94. The van der Waals surface area contributed by atoms with Crippen LogP contribution in [-0.4, -0.2) is 6.36 Å². The maximum atomic E-state index is 13.8. The monoisotopic (exact) mass is 436 g/mol. The number of hydrogen-bond donors (Lipinski definition) is 0. The molecular formula is C27H20F4O. The Morgan fingerprint density at radius 2 is 1.41 bits per heavy atom. The zero-order valence-corrected chi connectivity index (χ0v) is 17.8. The molecule has 0 atom stereocenters. The smallest absolute Gasteiger partial charge is 0.404 e. The molecule has 0 bridgehead atoms. The van der Waals surface area contributed by atoms with Crippen LogP contribution in [0.4, 0.5) is 17.6 Å². The maximum absolute atomic E-state index is 13.8. The Kier molecular flexibility index (Phi) is 6.91. The van der Waals surface area contributed by atoms with Crippen molar-refractivity contribution in [1.82, 2.24) is 0 Å². The molecule has 0 N–H and O–H groups in total. The van der Waals surface area contributed by atoms with Gasteiger partial charge in [-0.05, 0) is 67.8 Å². The quantitative estimate of drug-likeness (QED) is 0.321. The minimum Gasteiger partial charge on any atom is -0.404 e. The minimum absolute atomic E-state index is 0.117. The van der Waals surface area contributed by atoms with Crippen LogP contribution in [0.5, 0.6) is 5.75 Å². The van der Waals surface area contributed by atoms with Crippen LogP contribution < -0.4 is 4.74 Å². The first-order valence-corrected chi connectivity index (χ1v) is 9.94. The topological polar surface area (TPSA) is 9.23 Å². The number of aryl methyl sites for hydroxylation is 3. The molecule has 0 amide bonds. The highest BCUT2D eigenvalue weighted by molar-refractivity contribution is 5.58. The van der Waals surface area contributed by atoms with Gasteiger partial charge >= 0.3 is 6.36 Å². The molecule has 162 valence electrons. The predicted molar refractivity (Wildman–Crippen MR) is 117 cm³/mol. The van der Waals surface area contributed by atoms with E-state index in [1.165, 1.54) is 12.1 Å². The van der Waals surface area contributed by atoms with E-state index in [2.05, 4.69) is 28.4 Å². The average Bonchev–Trinajstić information content (AvgIpc) is 2.73. The van der Waals surface area contributed by atoms with Crippen molar-refractivity contribution >= 4 is 0 Å². The Bertz CT molecular complexity index is 1250. The third kappa shape index (κ3) is 6.15. The second-order valence-corrected chi connectivity index (χ2v) is 7.24. The molecule has 0 spiro atoms. The van der Waals surface area contributed by atoms with Crippen LogP contribution in [-0.2, 0) is 6.42 Å². The number of ether oxygens (including phenoxy) is 1. The molecule has 3 aromatic carbocycles. The van der Waals surface area contributed by atoms with Gasteiger partial charge in [0.2, 0.25) is 0 Å². The summed E-state index contributed by atoms with van der Waals surface area (Å²) in [5.74, 6) is 10.5. The lowest BCUT2D eigenvalue weighted by atomic mass is 10.00. The highest BCUT2D eigenvalue weighted by atomic mass is 19.4. The molecule has 0 radical (unpaired) electrons. The van der Waals surface area contributed by atoms with Crippen LogP contribution in [0, 0.1) is 43.3 Å². The molecule has 3 aromatic rings. The van der Waals surface area contributed by atoms with Gasteiger partial charge < -0.3 is 4.74 Å². The van der Waals surface area contributed by atoms with E-state index < -0.39 is 17.9 Å². The van der Waals surface area contributed by atoms with E-state index in [-0.39, 0.29) is 5.56 Å².